The molecule has 1 aromatic heterocycles. The summed E-state index contributed by atoms with van der Waals surface area (Å²) in [5.41, 5.74) is 4.40. The van der Waals surface area contributed by atoms with Crippen molar-refractivity contribution in [3.05, 3.63) is 66.0 Å². The molecule has 3 aromatic rings. The van der Waals surface area contributed by atoms with E-state index in [4.69, 9.17) is 0 Å². The van der Waals surface area contributed by atoms with Crippen LogP contribution in [-0.2, 0) is 0 Å². The molecule has 0 saturated carbocycles. The van der Waals surface area contributed by atoms with Gasteiger partial charge in [0, 0.05) is 25.7 Å². The summed E-state index contributed by atoms with van der Waals surface area (Å²) in [6.45, 7) is 6.25. The highest BCUT2D eigenvalue weighted by atomic mass is 35.5. The summed E-state index contributed by atoms with van der Waals surface area (Å²) in [5, 5.41) is 11.7. The molecule has 2 aromatic carbocycles. The van der Waals surface area contributed by atoms with Gasteiger partial charge in [-0.15, -0.1) is 17.5 Å². The van der Waals surface area contributed by atoms with Crippen molar-refractivity contribution in [3.8, 4) is 16.8 Å². The van der Waals surface area contributed by atoms with Gasteiger partial charge in [0.15, 0.2) is 5.69 Å². The summed E-state index contributed by atoms with van der Waals surface area (Å²) in [6.07, 6.45) is 0. The van der Waals surface area contributed by atoms with Crippen LogP contribution in [0.15, 0.2) is 54.6 Å². The summed E-state index contributed by atoms with van der Waals surface area (Å²) < 4.78 is 1.73. The van der Waals surface area contributed by atoms with Crippen LogP contribution in [0.3, 0.4) is 0 Å². The average molecular weight is 398 g/mol. The smallest absolute Gasteiger partial charge is 0.276 e. The second-order valence-corrected chi connectivity index (χ2v) is 6.90. The van der Waals surface area contributed by atoms with Crippen molar-refractivity contribution in [3.63, 3.8) is 0 Å². The van der Waals surface area contributed by atoms with Crippen LogP contribution in [0.25, 0.3) is 16.8 Å². The van der Waals surface area contributed by atoms with Crippen LogP contribution in [0, 0.1) is 6.92 Å². The SMILES string of the molecule is Cc1c(C(=O)N2CCNCC2C)nnn1-c1ccc(-c2ccccc2)cc1.Cl. The molecule has 2 heterocycles. The zero-order valence-corrected chi connectivity index (χ0v) is 16.8. The molecule has 1 atom stereocenters. The molecule has 6 nitrogen and oxygen atoms in total. The van der Waals surface area contributed by atoms with Crippen LogP contribution in [0.1, 0.15) is 23.1 Å². The lowest BCUT2D eigenvalue weighted by Crippen LogP contribution is -2.52. The maximum atomic E-state index is 12.9. The van der Waals surface area contributed by atoms with Gasteiger partial charge in [0.05, 0.1) is 11.4 Å². The van der Waals surface area contributed by atoms with Crippen molar-refractivity contribution in [1.82, 2.24) is 25.2 Å². The Morgan fingerprint density at radius 3 is 2.43 bits per heavy atom. The van der Waals surface area contributed by atoms with Crippen molar-refractivity contribution >= 4 is 18.3 Å². The molecule has 1 unspecified atom stereocenters. The standard InChI is InChI=1S/C21H23N5O.ClH/c1-15-14-22-12-13-25(15)21(27)20-16(2)26(24-23-20)19-10-8-18(9-11-19)17-6-4-3-5-7-17;/h3-11,15,22H,12-14H2,1-2H3;1H. The first-order valence-electron chi connectivity index (χ1n) is 9.25. The van der Waals surface area contributed by atoms with E-state index in [0.717, 1.165) is 30.0 Å². The van der Waals surface area contributed by atoms with Crippen molar-refractivity contribution < 1.29 is 4.79 Å². The van der Waals surface area contributed by atoms with E-state index in [9.17, 15) is 4.79 Å². The van der Waals surface area contributed by atoms with Gasteiger partial charge >= 0.3 is 0 Å². The largest absolute Gasteiger partial charge is 0.332 e. The normalized spacial score (nSPS) is 16.5. The Bertz CT molecular complexity index is 939. The minimum atomic E-state index is -0.0475. The molecule has 0 bridgehead atoms. The number of benzene rings is 2. The molecule has 0 radical (unpaired) electrons. The Hall–Kier alpha value is -2.70. The first-order chi connectivity index (χ1) is 13.1. The summed E-state index contributed by atoms with van der Waals surface area (Å²) in [7, 11) is 0. The van der Waals surface area contributed by atoms with Gasteiger partial charge in [-0.25, -0.2) is 4.68 Å². The van der Waals surface area contributed by atoms with Gasteiger partial charge in [-0.1, -0.05) is 47.7 Å². The number of rotatable bonds is 3. The number of hydrogen-bond acceptors (Lipinski definition) is 4. The van der Waals surface area contributed by atoms with E-state index >= 15 is 0 Å². The fourth-order valence-corrected chi connectivity index (χ4v) is 3.48. The number of amides is 1. The van der Waals surface area contributed by atoms with Gasteiger partial charge in [0.2, 0.25) is 0 Å². The highest BCUT2D eigenvalue weighted by Gasteiger charge is 2.28. The molecule has 4 rings (SSSR count). The number of piperazine rings is 1. The highest BCUT2D eigenvalue weighted by Crippen LogP contribution is 2.22. The average Bonchev–Trinajstić information content (AvgIpc) is 3.10. The van der Waals surface area contributed by atoms with E-state index in [2.05, 4.69) is 39.9 Å². The zero-order valence-electron chi connectivity index (χ0n) is 16.0. The second kappa shape index (κ2) is 8.54. The summed E-state index contributed by atoms with van der Waals surface area (Å²) in [4.78, 5) is 14.8. The third kappa shape index (κ3) is 3.79. The van der Waals surface area contributed by atoms with E-state index in [1.807, 2.05) is 49.1 Å². The third-order valence-corrected chi connectivity index (χ3v) is 5.08. The minimum Gasteiger partial charge on any atom is -0.332 e. The van der Waals surface area contributed by atoms with Gasteiger partial charge in [-0.3, -0.25) is 4.79 Å². The number of nitrogens with zero attached hydrogens (tertiary/aromatic N) is 4. The van der Waals surface area contributed by atoms with E-state index in [-0.39, 0.29) is 24.4 Å². The van der Waals surface area contributed by atoms with E-state index in [1.165, 1.54) is 5.56 Å². The molecule has 1 amide bonds. The number of nitrogens with one attached hydrogen (secondary N) is 1. The third-order valence-electron chi connectivity index (χ3n) is 5.08. The van der Waals surface area contributed by atoms with Crippen LogP contribution in [-0.4, -0.2) is 51.5 Å². The zero-order chi connectivity index (χ0) is 18.8. The number of hydrogen-bond donors (Lipinski definition) is 1. The summed E-state index contributed by atoms with van der Waals surface area (Å²) >= 11 is 0. The fourth-order valence-electron chi connectivity index (χ4n) is 3.48. The Morgan fingerprint density at radius 1 is 1.07 bits per heavy atom. The number of aromatic nitrogens is 3. The quantitative estimate of drug-likeness (QED) is 0.737. The first-order valence-corrected chi connectivity index (χ1v) is 9.25. The van der Waals surface area contributed by atoms with E-state index in [1.54, 1.807) is 4.68 Å². The van der Waals surface area contributed by atoms with Gasteiger partial charge < -0.3 is 10.2 Å². The second-order valence-electron chi connectivity index (χ2n) is 6.90. The van der Waals surface area contributed by atoms with Crippen molar-refractivity contribution in [2.24, 2.45) is 0 Å². The van der Waals surface area contributed by atoms with Crippen LogP contribution in [0.2, 0.25) is 0 Å². The monoisotopic (exact) mass is 397 g/mol. The molecule has 1 saturated heterocycles. The van der Waals surface area contributed by atoms with Gasteiger partial charge in [0.25, 0.3) is 5.91 Å². The Kier molecular flexibility index (Phi) is 6.11. The fraction of sp³-hybridized carbons (Fsp3) is 0.286. The maximum Gasteiger partial charge on any atom is 0.276 e. The van der Waals surface area contributed by atoms with E-state index in [0.29, 0.717) is 12.2 Å². The molecule has 1 aliphatic rings. The lowest BCUT2D eigenvalue weighted by molar-refractivity contribution is 0.0649. The van der Waals surface area contributed by atoms with Crippen molar-refractivity contribution in [1.29, 1.82) is 0 Å². The molecular weight excluding hydrogens is 374 g/mol. The maximum absolute atomic E-state index is 12.9. The van der Waals surface area contributed by atoms with Crippen molar-refractivity contribution in [2.75, 3.05) is 19.6 Å². The minimum absolute atomic E-state index is 0. The topological polar surface area (TPSA) is 63.1 Å². The summed E-state index contributed by atoms with van der Waals surface area (Å²) in [5.74, 6) is -0.0475. The number of carbonyl (C=O) groups excluding carboxylic acids is 1. The molecule has 7 heteroatoms. The predicted octanol–water partition coefficient (Wildman–Crippen LogP) is 3.10. The number of carbonyl (C=O) groups is 1. The lowest BCUT2D eigenvalue weighted by atomic mass is 10.1. The van der Waals surface area contributed by atoms with Gasteiger partial charge in [-0.2, -0.15) is 0 Å². The van der Waals surface area contributed by atoms with Crippen LogP contribution < -0.4 is 5.32 Å². The van der Waals surface area contributed by atoms with E-state index < -0.39 is 0 Å². The Balaban J connectivity index is 0.00000225. The van der Waals surface area contributed by atoms with Crippen LogP contribution in [0.5, 0.6) is 0 Å². The number of halogens is 1. The summed E-state index contributed by atoms with van der Waals surface area (Å²) in [6, 6.07) is 18.5. The highest BCUT2D eigenvalue weighted by molar-refractivity contribution is 5.93. The molecule has 1 N–H and O–H groups in total. The molecule has 0 spiro atoms. The van der Waals surface area contributed by atoms with Gasteiger partial charge in [0.1, 0.15) is 0 Å². The predicted molar refractivity (Wildman–Crippen MR) is 112 cm³/mol. The molecule has 1 aliphatic heterocycles. The molecule has 0 aliphatic carbocycles. The van der Waals surface area contributed by atoms with Crippen LogP contribution in [0.4, 0.5) is 0 Å². The Labute approximate surface area is 171 Å². The Morgan fingerprint density at radius 2 is 1.75 bits per heavy atom. The molecular formula is C21H24ClN5O. The van der Waals surface area contributed by atoms with Crippen LogP contribution >= 0.6 is 12.4 Å². The first kappa shape index (κ1) is 20.0. The van der Waals surface area contributed by atoms with Crippen molar-refractivity contribution in [2.45, 2.75) is 19.9 Å². The van der Waals surface area contributed by atoms with Gasteiger partial charge in [-0.05, 0) is 37.1 Å². The lowest BCUT2D eigenvalue weighted by Gasteiger charge is -2.33. The molecule has 1 fully saturated rings. The molecule has 28 heavy (non-hydrogen) atoms. The molecule has 146 valence electrons.